The number of benzene rings is 3. The van der Waals surface area contributed by atoms with E-state index in [9.17, 15) is 5.11 Å². The van der Waals surface area contributed by atoms with Crippen molar-refractivity contribution in [1.82, 2.24) is 0 Å². The lowest BCUT2D eigenvalue weighted by molar-refractivity contribution is 0.303. The van der Waals surface area contributed by atoms with Gasteiger partial charge in [-0.05, 0) is 61.6 Å². The van der Waals surface area contributed by atoms with Crippen LogP contribution in [0.3, 0.4) is 0 Å². The molecule has 3 nitrogen and oxygen atoms in total. The summed E-state index contributed by atoms with van der Waals surface area (Å²) < 4.78 is 7.98. The number of aryl methyl sites for hydroxylation is 2. The molecule has 0 unspecified atom stereocenters. The van der Waals surface area contributed by atoms with E-state index >= 15 is 0 Å². The summed E-state index contributed by atoms with van der Waals surface area (Å²) in [5, 5.41) is 10.9. The summed E-state index contributed by atoms with van der Waals surface area (Å²) in [7, 11) is 0. The molecule has 4 rings (SSSR count). The third kappa shape index (κ3) is 6.98. The normalized spacial score (nSPS) is 13.4. The average molecular weight is 500 g/mol. The van der Waals surface area contributed by atoms with E-state index in [4.69, 9.17) is 4.74 Å². The highest BCUT2D eigenvalue weighted by atomic mass is 32.2. The molecule has 0 saturated heterocycles. The zero-order chi connectivity index (χ0) is 25.3. The summed E-state index contributed by atoms with van der Waals surface area (Å²) >= 11 is 1.61. The van der Waals surface area contributed by atoms with Crippen molar-refractivity contribution in [2.45, 2.75) is 59.3 Å². The fourth-order valence-corrected chi connectivity index (χ4v) is 5.24. The molecule has 3 aromatic carbocycles. The topological polar surface area (TPSA) is 32.7 Å². The second kappa shape index (κ2) is 12.7. The maximum Gasteiger partial charge on any atom is 0.143 e. The number of anilines is 1. The van der Waals surface area contributed by atoms with Gasteiger partial charge in [0, 0.05) is 22.7 Å². The van der Waals surface area contributed by atoms with Gasteiger partial charge in [-0.25, -0.2) is 0 Å². The standard InChI is InChI=1S/C32H37NO2S/c1-4-5-6-7-8-9-20-35-29-18-19-30(31(34)22-29)33-23-28(26-14-10-24(2)11-15-26)21-32(36-33)27-16-12-25(3)13-17-27/h10-19,21-23,34H,4-9,20H2,1-3H3. The number of phenols is 1. The molecule has 1 N–H and O–H groups in total. The van der Waals surface area contributed by atoms with Crippen LogP contribution in [0.15, 0.2) is 79.0 Å². The molecular weight excluding hydrogens is 462 g/mol. The van der Waals surface area contributed by atoms with Crippen molar-refractivity contribution in [3.05, 3.63) is 101 Å². The molecule has 0 aliphatic carbocycles. The number of unbranched alkanes of at least 4 members (excludes halogenated alkanes) is 5. The van der Waals surface area contributed by atoms with Gasteiger partial charge in [-0.15, -0.1) is 0 Å². The van der Waals surface area contributed by atoms with E-state index in [1.54, 1.807) is 18.0 Å². The van der Waals surface area contributed by atoms with Gasteiger partial charge >= 0.3 is 0 Å². The largest absolute Gasteiger partial charge is 0.506 e. The Morgan fingerprint density at radius 3 is 2.08 bits per heavy atom. The molecule has 1 aliphatic heterocycles. The first-order valence-electron chi connectivity index (χ1n) is 13.0. The Morgan fingerprint density at radius 2 is 1.42 bits per heavy atom. The van der Waals surface area contributed by atoms with Gasteiger partial charge in [0.2, 0.25) is 0 Å². The van der Waals surface area contributed by atoms with Crippen LogP contribution < -0.4 is 9.04 Å². The summed E-state index contributed by atoms with van der Waals surface area (Å²) in [4.78, 5) is 1.14. The molecule has 0 radical (unpaired) electrons. The summed E-state index contributed by atoms with van der Waals surface area (Å²) in [6.07, 6.45) is 11.7. The minimum atomic E-state index is 0.215. The van der Waals surface area contributed by atoms with Crippen LogP contribution in [0.1, 0.15) is 67.7 Å². The van der Waals surface area contributed by atoms with Crippen LogP contribution in [-0.2, 0) is 0 Å². The molecule has 0 aromatic heterocycles. The zero-order valence-electron chi connectivity index (χ0n) is 21.7. The van der Waals surface area contributed by atoms with Crippen LogP contribution in [0.4, 0.5) is 5.69 Å². The SMILES string of the molecule is CCCCCCCCOc1ccc(N2C=C(c3ccc(C)cc3)C=C(c3ccc(C)cc3)S2)c(O)c1. The molecule has 1 heterocycles. The highest BCUT2D eigenvalue weighted by molar-refractivity contribution is 8.09. The molecule has 36 heavy (non-hydrogen) atoms. The number of allylic oxidation sites excluding steroid dienone is 2. The van der Waals surface area contributed by atoms with E-state index in [1.165, 1.54) is 43.2 Å². The number of rotatable bonds is 11. The first-order chi connectivity index (χ1) is 17.5. The molecule has 0 spiro atoms. The van der Waals surface area contributed by atoms with Gasteiger partial charge in [0.25, 0.3) is 0 Å². The quantitative estimate of drug-likeness (QED) is 0.210. The monoisotopic (exact) mass is 499 g/mol. The molecular formula is C32H37NO2S. The maximum absolute atomic E-state index is 10.9. The zero-order valence-corrected chi connectivity index (χ0v) is 22.5. The third-order valence-corrected chi connectivity index (χ3v) is 7.46. The van der Waals surface area contributed by atoms with Crippen molar-refractivity contribution in [1.29, 1.82) is 0 Å². The smallest absolute Gasteiger partial charge is 0.143 e. The number of ether oxygens (including phenoxy) is 1. The Hall–Kier alpha value is -3.11. The van der Waals surface area contributed by atoms with Gasteiger partial charge in [-0.2, -0.15) is 0 Å². The van der Waals surface area contributed by atoms with Gasteiger partial charge in [-0.3, -0.25) is 4.31 Å². The summed E-state index contributed by atoms with van der Waals surface area (Å²) in [6, 6.07) is 22.8. The lowest BCUT2D eigenvalue weighted by Gasteiger charge is -2.27. The Kier molecular flexibility index (Phi) is 9.18. The van der Waals surface area contributed by atoms with Crippen molar-refractivity contribution in [2.75, 3.05) is 10.9 Å². The van der Waals surface area contributed by atoms with Crippen molar-refractivity contribution in [3.63, 3.8) is 0 Å². The maximum atomic E-state index is 10.9. The first-order valence-corrected chi connectivity index (χ1v) is 13.8. The fourth-order valence-electron chi connectivity index (χ4n) is 4.19. The Labute approximate surface area is 220 Å². The van der Waals surface area contributed by atoms with Crippen LogP contribution >= 0.6 is 11.9 Å². The molecule has 3 aromatic rings. The fraction of sp³-hybridized carbons (Fsp3) is 0.312. The Morgan fingerprint density at radius 1 is 0.778 bits per heavy atom. The molecule has 4 heteroatoms. The van der Waals surface area contributed by atoms with Gasteiger partial charge in [0.15, 0.2) is 0 Å². The average Bonchev–Trinajstić information content (AvgIpc) is 2.89. The molecule has 0 bridgehead atoms. The first kappa shape index (κ1) is 26.0. The molecule has 0 amide bonds. The van der Waals surface area contributed by atoms with Crippen LogP contribution in [-0.4, -0.2) is 11.7 Å². The van der Waals surface area contributed by atoms with Gasteiger partial charge in [0.1, 0.15) is 11.5 Å². The number of hydrogen-bond acceptors (Lipinski definition) is 4. The van der Waals surface area contributed by atoms with E-state index in [0.29, 0.717) is 12.4 Å². The van der Waals surface area contributed by atoms with Crippen molar-refractivity contribution in [2.24, 2.45) is 0 Å². The van der Waals surface area contributed by atoms with Crippen molar-refractivity contribution in [3.8, 4) is 11.5 Å². The van der Waals surface area contributed by atoms with E-state index in [2.05, 4.69) is 85.9 Å². The number of phenolic OH excluding ortho intramolecular Hbond substituents is 1. The summed E-state index contributed by atoms with van der Waals surface area (Å²) in [5.41, 5.74) is 6.63. The van der Waals surface area contributed by atoms with Crippen LogP contribution in [0.2, 0.25) is 0 Å². The van der Waals surface area contributed by atoms with Crippen LogP contribution in [0.5, 0.6) is 11.5 Å². The van der Waals surface area contributed by atoms with E-state index in [0.717, 1.165) is 33.7 Å². The highest BCUT2D eigenvalue weighted by Crippen LogP contribution is 2.44. The predicted octanol–water partition coefficient (Wildman–Crippen LogP) is 9.30. The van der Waals surface area contributed by atoms with Crippen molar-refractivity contribution < 1.29 is 9.84 Å². The summed E-state index contributed by atoms with van der Waals surface area (Å²) in [6.45, 7) is 7.12. The number of hydrogen-bond donors (Lipinski definition) is 1. The van der Waals surface area contributed by atoms with Crippen molar-refractivity contribution >= 4 is 28.1 Å². The van der Waals surface area contributed by atoms with Gasteiger partial charge in [0.05, 0.1) is 12.3 Å². The molecule has 188 valence electrons. The molecule has 0 atom stereocenters. The van der Waals surface area contributed by atoms with Crippen LogP contribution in [0.25, 0.3) is 10.5 Å². The number of nitrogens with zero attached hydrogens (tertiary/aromatic N) is 1. The minimum absolute atomic E-state index is 0.215. The second-order valence-corrected chi connectivity index (χ2v) is 10.5. The molecule has 1 aliphatic rings. The minimum Gasteiger partial charge on any atom is -0.506 e. The van der Waals surface area contributed by atoms with Crippen LogP contribution in [0, 0.1) is 13.8 Å². The Bertz CT molecular complexity index is 1200. The molecule has 0 fully saturated rings. The van der Waals surface area contributed by atoms with E-state index < -0.39 is 0 Å². The third-order valence-electron chi connectivity index (χ3n) is 6.41. The lowest BCUT2D eigenvalue weighted by atomic mass is 10.0. The van der Waals surface area contributed by atoms with Gasteiger partial charge < -0.3 is 9.84 Å². The number of aromatic hydroxyl groups is 1. The summed E-state index contributed by atoms with van der Waals surface area (Å²) in [5.74, 6) is 0.927. The molecule has 0 saturated carbocycles. The van der Waals surface area contributed by atoms with E-state index in [-0.39, 0.29) is 5.75 Å². The van der Waals surface area contributed by atoms with E-state index in [1.807, 2.05) is 12.1 Å². The predicted molar refractivity (Wildman–Crippen MR) is 155 cm³/mol. The lowest BCUT2D eigenvalue weighted by Crippen LogP contribution is -2.11. The van der Waals surface area contributed by atoms with Gasteiger partial charge in [-0.1, -0.05) is 98.7 Å². The Balaban J connectivity index is 1.52. The second-order valence-electron chi connectivity index (χ2n) is 9.51. The highest BCUT2D eigenvalue weighted by Gasteiger charge is 2.20.